The van der Waals surface area contributed by atoms with E-state index >= 15 is 0 Å². The summed E-state index contributed by atoms with van der Waals surface area (Å²) in [4.78, 5) is 42.6. The topological polar surface area (TPSA) is 103 Å². The van der Waals surface area contributed by atoms with Gasteiger partial charge < -0.3 is 10.5 Å². The van der Waals surface area contributed by atoms with Gasteiger partial charge in [0.25, 0.3) is 5.91 Å². The fourth-order valence-electron chi connectivity index (χ4n) is 2.96. The molecule has 0 unspecified atom stereocenters. The van der Waals surface area contributed by atoms with Crippen molar-refractivity contribution in [3.8, 4) is 0 Å². The monoisotopic (exact) mass is 443 g/mol. The van der Waals surface area contributed by atoms with Gasteiger partial charge in [0.05, 0.1) is 21.2 Å². The molecule has 0 atom stereocenters. The molecule has 0 radical (unpaired) electrons. The average Bonchev–Trinajstić information content (AvgIpc) is 3.34. The van der Waals surface area contributed by atoms with Crippen molar-refractivity contribution in [2.75, 3.05) is 4.90 Å². The lowest BCUT2D eigenvalue weighted by Gasteiger charge is -2.12. The Balaban J connectivity index is 1.94. The average molecular weight is 444 g/mol. The summed E-state index contributed by atoms with van der Waals surface area (Å²) in [6, 6.07) is 9.01. The largest absolute Gasteiger partial charge is 0.419 e. The van der Waals surface area contributed by atoms with Crippen LogP contribution in [0, 0.1) is 5.82 Å². The summed E-state index contributed by atoms with van der Waals surface area (Å²) in [5, 5.41) is 1.41. The molecule has 0 saturated heterocycles. The summed E-state index contributed by atoms with van der Waals surface area (Å²) >= 11 is 7.02. The van der Waals surface area contributed by atoms with Crippen molar-refractivity contribution in [3.63, 3.8) is 0 Å². The van der Waals surface area contributed by atoms with Crippen LogP contribution in [0.3, 0.4) is 0 Å². The fourth-order valence-corrected chi connectivity index (χ4v) is 3.83. The highest BCUT2D eigenvalue weighted by molar-refractivity contribution is 7.11. The number of hydrogen-bond acceptors (Lipinski definition) is 6. The fraction of sp³-hybridized carbons (Fsp3) is 0. The summed E-state index contributed by atoms with van der Waals surface area (Å²) in [5.41, 5.74) is 5.20. The number of thiophene rings is 1. The van der Waals surface area contributed by atoms with E-state index in [1.807, 2.05) is 0 Å². The first-order chi connectivity index (χ1) is 14.4. The van der Waals surface area contributed by atoms with Crippen LogP contribution < -0.4 is 10.6 Å². The first-order valence-electron chi connectivity index (χ1n) is 8.43. The third kappa shape index (κ3) is 3.34. The number of carbonyl (C=O) groups is 3. The smallest absolute Gasteiger partial charge is 0.362 e. The van der Waals surface area contributed by atoms with Crippen molar-refractivity contribution >= 4 is 57.9 Å². The highest BCUT2D eigenvalue weighted by Crippen LogP contribution is 2.44. The second kappa shape index (κ2) is 7.69. The van der Waals surface area contributed by atoms with E-state index in [2.05, 4.69) is 4.98 Å². The summed E-state index contributed by atoms with van der Waals surface area (Å²) in [6.45, 7) is 0. The SMILES string of the molecule is NC(=O)N1C(=O)/C(=C(\OC(=O)c2ccccn2)c2cccs2)c2cc(F)c(Cl)cc21. The van der Waals surface area contributed by atoms with Gasteiger partial charge in [-0.15, -0.1) is 11.3 Å². The standard InChI is InChI=1S/C20H11ClFN3O4S/c21-11-9-14-10(8-12(11)22)16(18(26)25(14)20(23)28)17(15-5-3-7-30-15)29-19(27)13-4-1-2-6-24-13/h1-9H,(H2,23,28)/b17-16-. The molecule has 0 aliphatic carbocycles. The molecule has 1 aliphatic heterocycles. The summed E-state index contributed by atoms with van der Waals surface area (Å²) in [7, 11) is 0. The zero-order chi connectivity index (χ0) is 21.4. The van der Waals surface area contributed by atoms with Crippen LogP contribution in [0.1, 0.15) is 20.9 Å². The number of rotatable bonds is 3. The van der Waals surface area contributed by atoms with Gasteiger partial charge in [0, 0.05) is 11.8 Å². The molecule has 10 heteroatoms. The van der Waals surface area contributed by atoms with E-state index < -0.39 is 23.7 Å². The highest BCUT2D eigenvalue weighted by Gasteiger charge is 2.40. The molecule has 3 heterocycles. The lowest BCUT2D eigenvalue weighted by Crippen LogP contribution is -2.38. The van der Waals surface area contributed by atoms with Crippen molar-refractivity contribution in [1.82, 2.24) is 4.98 Å². The van der Waals surface area contributed by atoms with Gasteiger partial charge in [-0.2, -0.15) is 0 Å². The van der Waals surface area contributed by atoms with E-state index in [1.165, 1.54) is 23.6 Å². The lowest BCUT2D eigenvalue weighted by atomic mass is 10.0. The predicted octanol–water partition coefficient (Wildman–Crippen LogP) is 4.09. The molecule has 7 nitrogen and oxygen atoms in total. The Morgan fingerprint density at radius 2 is 2.00 bits per heavy atom. The number of pyridine rings is 1. The first kappa shape index (κ1) is 19.7. The number of fused-ring (bicyclic) bond motifs is 1. The molecule has 30 heavy (non-hydrogen) atoms. The number of halogens is 2. The van der Waals surface area contributed by atoms with Crippen molar-refractivity contribution in [2.24, 2.45) is 5.73 Å². The Hall–Kier alpha value is -3.56. The van der Waals surface area contributed by atoms with Crippen LogP contribution in [0.5, 0.6) is 0 Å². The van der Waals surface area contributed by atoms with Gasteiger partial charge in [0.2, 0.25) is 0 Å². The van der Waals surface area contributed by atoms with Crippen molar-refractivity contribution in [1.29, 1.82) is 0 Å². The number of nitrogens with two attached hydrogens (primary N) is 1. The van der Waals surface area contributed by atoms with Crippen molar-refractivity contribution in [2.45, 2.75) is 0 Å². The quantitative estimate of drug-likeness (QED) is 0.373. The minimum atomic E-state index is -1.08. The highest BCUT2D eigenvalue weighted by atomic mass is 35.5. The summed E-state index contributed by atoms with van der Waals surface area (Å²) in [5.74, 6) is -2.64. The Bertz CT molecular complexity index is 1210. The van der Waals surface area contributed by atoms with Gasteiger partial charge in [-0.05, 0) is 35.7 Å². The molecular formula is C20H11ClFN3O4S. The van der Waals surface area contributed by atoms with Crippen LogP contribution in [-0.2, 0) is 9.53 Å². The summed E-state index contributed by atoms with van der Waals surface area (Å²) in [6.07, 6.45) is 1.41. The number of esters is 1. The van der Waals surface area contributed by atoms with Crippen LogP contribution in [-0.4, -0.2) is 22.9 Å². The van der Waals surface area contributed by atoms with Gasteiger partial charge in [0.15, 0.2) is 5.76 Å². The maximum Gasteiger partial charge on any atom is 0.362 e. The second-order valence-corrected chi connectivity index (χ2v) is 7.40. The molecule has 2 N–H and O–H groups in total. The van der Waals surface area contributed by atoms with Gasteiger partial charge in [-0.3, -0.25) is 4.79 Å². The third-order valence-electron chi connectivity index (χ3n) is 4.23. The molecule has 0 saturated carbocycles. The molecule has 1 aromatic carbocycles. The zero-order valence-electron chi connectivity index (χ0n) is 15.0. The van der Waals surface area contributed by atoms with Crippen LogP contribution in [0.25, 0.3) is 11.3 Å². The second-order valence-electron chi connectivity index (χ2n) is 6.05. The Morgan fingerprint density at radius 3 is 2.63 bits per heavy atom. The molecule has 0 bridgehead atoms. The number of primary amides is 1. The minimum Gasteiger partial charge on any atom is -0.419 e. The maximum atomic E-state index is 14.2. The molecule has 3 aromatic rings. The molecule has 3 amide bonds. The van der Waals surface area contributed by atoms with Crippen LogP contribution >= 0.6 is 22.9 Å². The predicted molar refractivity (Wildman–Crippen MR) is 109 cm³/mol. The van der Waals surface area contributed by atoms with E-state index in [4.69, 9.17) is 22.1 Å². The molecule has 4 rings (SSSR count). The van der Waals surface area contributed by atoms with Crippen LogP contribution in [0.2, 0.25) is 5.02 Å². The lowest BCUT2D eigenvalue weighted by molar-refractivity contribution is -0.112. The first-order valence-corrected chi connectivity index (χ1v) is 9.69. The number of benzene rings is 1. The molecular weight excluding hydrogens is 433 g/mol. The maximum absolute atomic E-state index is 14.2. The zero-order valence-corrected chi connectivity index (χ0v) is 16.5. The molecule has 150 valence electrons. The molecule has 2 aromatic heterocycles. The van der Waals surface area contributed by atoms with E-state index in [9.17, 15) is 18.8 Å². The van der Waals surface area contributed by atoms with Crippen molar-refractivity contribution < 1.29 is 23.5 Å². The minimum absolute atomic E-state index is 0.00292. The van der Waals surface area contributed by atoms with E-state index in [0.717, 1.165) is 12.1 Å². The van der Waals surface area contributed by atoms with Gasteiger partial charge in [-0.1, -0.05) is 23.7 Å². The van der Waals surface area contributed by atoms with E-state index in [-0.39, 0.29) is 33.3 Å². The van der Waals surface area contributed by atoms with E-state index in [1.54, 1.807) is 29.6 Å². The number of urea groups is 1. The van der Waals surface area contributed by atoms with Crippen molar-refractivity contribution in [3.05, 3.63) is 81.0 Å². The number of anilines is 1. The number of imide groups is 1. The normalized spacial score (nSPS) is 14.5. The number of aromatic nitrogens is 1. The van der Waals surface area contributed by atoms with E-state index in [0.29, 0.717) is 9.78 Å². The Labute approximate surface area is 178 Å². The van der Waals surface area contributed by atoms with Gasteiger partial charge in [-0.25, -0.2) is 23.9 Å². The Kier molecular flexibility index (Phi) is 5.06. The van der Waals surface area contributed by atoms with Gasteiger partial charge in [0.1, 0.15) is 11.5 Å². The number of nitrogens with zero attached hydrogens (tertiary/aromatic N) is 2. The number of carbonyl (C=O) groups excluding carboxylic acids is 3. The van der Waals surface area contributed by atoms with Gasteiger partial charge >= 0.3 is 12.0 Å². The number of ether oxygens (including phenoxy) is 1. The third-order valence-corrected chi connectivity index (χ3v) is 5.39. The number of amides is 3. The molecule has 0 fully saturated rings. The van der Waals surface area contributed by atoms with Crippen LogP contribution in [0.4, 0.5) is 14.9 Å². The Morgan fingerprint density at radius 1 is 1.20 bits per heavy atom. The summed E-state index contributed by atoms with van der Waals surface area (Å²) < 4.78 is 19.7. The molecule has 0 spiro atoms. The number of hydrogen-bond donors (Lipinski definition) is 1. The molecule has 1 aliphatic rings. The van der Waals surface area contributed by atoms with Crippen LogP contribution in [0.15, 0.2) is 54.0 Å².